The van der Waals surface area contributed by atoms with Crippen molar-refractivity contribution >= 4 is 11.8 Å². The molecule has 0 spiro atoms. The van der Waals surface area contributed by atoms with Crippen LogP contribution in [0.2, 0.25) is 0 Å². The fourth-order valence-corrected chi connectivity index (χ4v) is 1.96. The lowest BCUT2D eigenvalue weighted by Gasteiger charge is -2.03. The van der Waals surface area contributed by atoms with Gasteiger partial charge in [0.2, 0.25) is 0 Å². The van der Waals surface area contributed by atoms with Gasteiger partial charge in [-0.1, -0.05) is 0 Å². The molecule has 0 amide bonds. The molecular formula is C11H9F2N3S. The second-order valence-corrected chi connectivity index (χ2v) is 4.22. The Morgan fingerprint density at radius 2 is 2.06 bits per heavy atom. The Morgan fingerprint density at radius 1 is 1.24 bits per heavy atom. The Hall–Kier alpha value is -1.53. The Labute approximate surface area is 101 Å². The molecule has 0 saturated heterocycles. The molecule has 0 fully saturated rings. The monoisotopic (exact) mass is 253 g/mol. The fraction of sp³-hybridized carbons (Fsp3) is 0.0909. The summed E-state index contributed by atoms with van der Waals surface area (Å²) in [6.45, 7) is 0.294. The third-order valence-corrected chi connectivity index (χ3v) is 2.93. The summed E-state index contributed by atoms with van der Waals surface area (Å²) in [5.41, 5.74) is 6.11. The van der Waals surface area contributed by atoms with E-state index in [1.54, 1.807) is 12.3 Å². The van der Waals surface area contributed by atoms with Crippen LogP contribution in [0.1, 0.15) is 5.69 Å². The minimum Gasteiger partial charge on any atom is -0.325 e. The predicted octanol–water partition coefficient (Wildman–Crippen LogP) is 2.36. The number of nitrogens with two attached hydrogens (primary N) is 1. The second-order valence-electron chi connectivity index (χ2n) is 3.21. The molecule has 0 unspecified atom stereocenters. The van der Waals surface area contributed by atoms with Crippen molar-refractivity contribution in [2.45, 2.75) is 16.6 Å². The van der Waals surface area contributed by atoms with E-state index in [1.165, 1.54) is 12.1 Å². The third kappa shape index (κ3) is 2.98. The van der Waals surface area contributed by atoms with Gasteiger partial charge in [0.15, 0.2) is 5.16 Å². The molecule has 17 heavy (non-hydrogen) atoms. The zero-order valence-electron chi connectivity index (χ0n) is 8.73. The van der Waals surface area contributed by atoms with Gasteiger partial charge < -0.3 is 5.73 Å². The molecule has 0 radical (unpaired) electrons. The van der Waals surface area contributed by atoms with E-state index >= 15 is 0 Å². The van der Waals surface area contributed by atoms with Gasteiger partial charge >= 0.3 is 0 Å². The van der Waals surface area contributed by atoms with Crippen LogP contribution in [0, 0.1) is 11.6 Å². The van der Waals surface area contributed by atoms with Crippen molar-refractivity contribution in [2.24, 2.45) is 5.73 Å². The molecule has 2 aromatic rings. The van der Waals surface area contributed by atoms with E-state index in [2.05, 4.69) is 9.97 Å². The second kappa shape index (κ2) is 5.20. The molecule has 2 rings (SSSR count). The van der Waals surface area contributed by atoms with Gasteiger partial charge in [0.1, 0.15) is 11.6 Å². The molecular weight excluding hydrogens is 244 g/mol. The first kappa shape index (κ1) is 11.9. The molecule has 0 aliphatic heterocycles. The lowest BCUT2D eigenvalue weighted by atomic mass is 10.3. The topological polar surface area (TPSA) is 51.8 Å². The average molecular weight is 253 g/mol. The zero-order chi connectivity index (χ0) is 12.3. The summed E-state index contributed by atoms with van der Waals surface area (Å²) in [5.74, 6) is -1.24. The molecule has 1 aromatic heterocycles. The minimum atomic E-state index is -0.628. The molecule has 6 heteroatoms. The molecule has 0 bridgehead atoms. The molecule has 1 aromatic carbocycles. The Kier molecular flexibility index (Phi) is 3.65. The van der Waals surface area contributed by atoms with E-state index in [4.69, 9.17) is 5.73 Å². The van der Waals surface area contributed by atoms with Crippen LogP contribution >= 0.6 is 11.8 Å². The summed E-state index contributed by atoms with van der Waals surface area (Å²) < 4.78 is 26.1. The van der Waals surface area contributed by atoms with Crippen molar-refractivity contribution in [3.63, 3.8) is 0 Å². The highest BCUT2D eigenvalue weighted by atomic mass is 32.2. The normalized spacial score (nSPS) is 10.5. The summed E-state index contributed by atoms with van der Waals surface area (Å²) >= 11 is 1.03. The maximum Gasteiger partial charge on any atom is 0.192 e. The van der Waals surface area contributed by atoms with Crippen molar-refractivity contribution < 1.29 is 8.78 Å². The van der Waals surface area contributed by atoms with Crippen LogP contribution in [0.15, 0.2) is 40.5 Å². The van der Waals surface area contributed by atoms with E-state index in [0.717, 1.165) is 17.8 Å². The molecule has 0 aliphatic carbocycles. The number of halogens is 2. The summed E-state index contributed by atoms with van der Waals surface area (Å²) in [7, 11) is 0. The molecule has 88 valence electrons. The molecule has 1 heterocycles. The summed E-state index contributed by atoms with van der Waals surface area (Å²) in [5, 5.41) is 0.387. The van der Waals surface area contributed by atoms with E-state index in [0.29, 0.717) is 17.4 Å². The van der Waals surface area contributed by atoms with E-state index in [-0.39, 0.29) is 4.90 Å². The van der Waals surface area contributed by atoms with E-state index < -0.39 is 11.6 Å². The number of aromatic nitrogens is 2. The first-order chi connectivity index (χ1) is 8.19. The van der Waals surface area contributed by atoms with E-state index in [1.807, 2.05) is 0 Å². The number of rotatable bonds is 3. The minimum absolute atomic E-state index is 0.278. The van der Waals surface area contributed by atoms with Gasteiger partial charge in [0.25, 0.3) is 0 Å². The average Bonchev–Trinajstić information content (AvgIpc) is 2.33. The molecule has 0 atom stereocenters. The zero-order valence-corrected chi connectivity index (χ0v) is 9.55. The summed E-state index contributed by atoms with van der Waals surface area (Å²) in [6.07, 6.45) is 1.55. The Morgan fingerprint density at radius 3 is 2.76 bits per heavy atom. The standard InChI is InChI=1S/C11H9F2N3S/c12-7-1-2-10(9(13)5-7)17-11-15-4-3-8(6-14)16-11/h1-5H,6,14H2. The van der Waals surface area contributed by atoms with Crippen molar-refractivity contribution in [2.75, 3.05) is 0 Å². The van der Waals surface area contributed by atoms with Crippen molar-refractivity contribution in [3.05, 3.63) is 47.8 Å². The number of nitrogens with zero attached hydrogens (tertiary/aromatic N) is 2. The smallest absolute Gasteiger partial charge is 0.192 e. The highest BCUT2D eigenvalue weighted by Gasteiger charge is 2.07. The Balaban J connectivity index is 2.25. The van der Waals surface area contributed by atoms with Crippen LogP contribution in [-0.2, 0) is 6.54 Å². The predicted molar refractivity (Wildman–Crippen MR) is 60.4 cm³/mol. The van der Waals surface area contributed by atoms with Gasteiger partial charge in [0.05, 0.1) is 10.6 Å². The molecule has 0 aliphatic rings. The van der Waals surface area contributed by atoms with Gasteiger partial charge in [-0.3, -0.25) is 0 Å². The van der Waals surface area contributed by atoms with Gasteiger partial charge in [0, 0.05) is 18.8 Å². The summed E-state index contributed by atoms with van der Waals surface area (Å²) in [4.78, 5) is 8.38. The maximum atomic E-state index is 13.4. The van der Waals surface area contributed by atoms with Crippen molar-refractivity contribution in [1.82, 2.24) is 9.97 Å². The quantitative estimate of drug-likeness (QED) is 0.853. The van der Waals surface area contributed by atoms with Gasteiger partial charge in [-0.05, 0) is 30.0 Å². The van der Waals surface area contributed by atoms with Crippen LogP contribution < -0.4 is 5.73 Å². The van der Waals surface area contributed by atoms with Gasteiger partial charge in [-0.15, -0.1) is 0 Å². The largest absolute Gasteiger partial charge is 0.325 e. The van der Waals surface area contributed by atoms with E-state index in [9.17, 15) is 8.78 Å². The first-order valence-corrected chi connectivity index (χ1v) is 5.65. The highest BCUT2D eigenvalue weighted by molar-refractivity contribution is 7.99. The lowest BCUT2D eigenvalue weighted by Crippen LogP contribution is -2.00. The highest BCUT2D eigenvalue weighted by Crippen LogP contribution is 2.27. The number of hydrogen-bond donors (Lipinski definition) is 1. The van der Waals surface area contributed by atoms with Crippen LogP contribution in [0.3, 0.4) is 0 Å². The third-order valence-electron chi connectivity index (χ3n) is 2.00. The van der Waals surface area contributed by atoms with Crippen molar-refractivity contribution in [1.29, 1.82) is 0 Å². The van der Waals surface area contributed by atoms with Crippen LogP contribution in [0.5, 0.6) is 0 Å². The Bertz CT molecular complexity index is 534. The molecule has 3 nitrogen and oxygen atoms in total. The number of hydrogen-bond acceptors (Lipinski definition) is 4. The fourth-order valence-electron chi connectivity index (χ4n) is 1.20. The van der Waals surface area contributed by atoms with Gasteiger partial charge in [-0.2, -0.15) is 0 Å². The van der Waals surface area contributed by atoms with Crippen LogP contribution in [-0.4, -0.2) is 9.97 Å². The first-order valence-electron chi connectivity index (χ1n) is 4.84. The lowest BCUT2D eigenvalue weighted by molar-refractivity contribution is 0.565. The van der Waals surface area contributed by atoms with Crippen LogP contribution in [0.4, 0.5) is 8.78 Å². The molecule has 2 N–H and O–H groups in total. The van der Waals surface area contributed by atoms with Crippen LogP contribution in [0.25, 0.3) is 0 Å². The van der Waals surface area contributed by atoms with Crippen molar-refractivity contribution in [3.8, 4) is 0 Å². The molecule has 0 saturated carbocycles. The van der Waals surface area contributed by atoms with Gasteiger partial charge in [-0.25, -0.2) is 18.7 Å². The number of benzene rings is 1. The summed E-state index contributed by atoms with van der Waals surface area (Å²) in [6, 6.07) is 5.06. The SMILES string of the molecule is NCc1ccnc(Sc2ccc(F)cc2F)n1. The maximum absolute atomic E-state index is 13.4.